The fourth-order valence-corrected chi connectivity index (χ4v) is 14.5. The van der Waals surface area contributed by atoms with E-state index in [2.05, 4.69) is 283 Å². The van der Waals surface area contributed by atoms with Crippen molar-refractivity contribution in [1.29, 1.82) is 5.41 Å². The molecule has 384 valence electrons. The molecular formula is C79H53N3. The van der Waals surface area contributed by atoms with E-state index in [0.717, 1.165) is 61.8 Å². The molecule has 1 heterocycles. The predicted molar refractivity (Wildman–Crippen MR) is 339 cm³/mol. The maximum atomic E-state index is 10.2. The molecule has 3 nitrogen and oxygen atoms in total. The van der Waals surface area contributed by atoms with Gasteiger partial charge in [-0.3, -0.25) is 5.41 Å². The van der Waals surface area contributed by atoms with Crippen LogP contribution in [-0.4, -0.2) is 5.71 Å². The molecule has 0 bridgehead atoms. The van der Waals surface area contributed by atoms with Crippen LogP contribution in [0.15, 0.2) is 303 Å². The first-order chi connectivity index (χ1) is 40.6. The van der Waals surface area contributed by atoms with Crippen LogP contribution in [0.5, 0.6) is 0 Å². The van der Waals surface area contributed by atoms with Crippen LogP contribution in [0.3, 0.4) is 0 Å². The second-order valence-corrected chi connectivity index (χ2v) is 21.9. The van der Waals surface area contributed by atoms with Gasteiger partial charge in [0.2, 0.25) is 0 Å². The van der Waals surface area contributed by atoms with Gasteiger partial charge in [-0.2, -0.15) is 0 Å². The molecule has 16 rings (SSSR count). The molecule has 0 saturated heterocycles. The summed E-state index contributed by atoms with van der Waals surface area (Å²) in [7, 11) is 0. The van der Waals surface area contributed by atoms with Crippen molar-refractivity contribution in [2.75, 3.05) is 4.90 Å². The third kappa shape index (κ3) is 6.87. The Morgan fingerprint density at radius 1 is 0.341 bits per heavy atom. The molecule has 2 N–H and O–H groups in total. The van der Waals surface area contributed by atoms with Crippen molar-refractivity contribution in [3.05, 3.63) is 376 Å². The molecule has 0 fully saturated rings. The Balaban J connectivity index is 1.01. The van der Waals surface area contributed by atoms with Crippen molar-refractivity contribution in [2.24, 2.45) is 0 Å². The number of benzene rings is 12. The fourth-order valence-electron chi connectivity index (χ4n) is 14.5. The molecule has 0 unspecified atom stereocenters. The summed E-state index contributed by atoms with van der Waals surface area (Å²) in [6.45, 7) is 0. The average molecular weight is 1040 g/mol. The van der Waals surface area contributed by atoms with Crippen LogP contribution in [0.1, 0.15) is 72.3 Å². The lowest BCUT2D eigenvalue weighted by Crippen LogP contribution is -2.28. The Morgan fingerprint density at radius 3 is 1.38 bits per heavy atom. The highest BCUT2D eigenvalue weighted by Gasteiger charge is 2.52. The Morgan fingerprint density at radius 2 is 0.793 bits per heavy atom. The second kappa shape index (κ2) is 18.8. The van der Waals surface area contributed by atoms with Gasteiger partial charge in [0.1, 0.15) is 0 Å². The quantitative estimate of drug-likeness (QED) is 0.141. The summed E-state index contributed by atoms with van der Waals surface area (Å²) < 4.78 is 0. The third-order valence-corrected chi connectivity index (χ3v) is 17.8. The number of hydrogen-bond donors (Lipinski definition) is 2. The molecule has 1 spiro atoms. The molecule has 0 saturated carbocycles. The molecule has 0 amide bonds. The van der Waals surface area contributed by atoms with E-state index in [1.165, 1.54) is 77.9 Å². The van der Waals surface area contributed by atoms with Crippen LogP contribution in [0, 0.1) is 5.41 Å². The van der Waals surface area contributed by atoms with E-state index in [-0.39, 0.29) is 0 Å². The largest absolute Gasteiger partial charge is 0.354 e. The maximum Gasteiger partial charge on any atom is 0.0726 e. The van der Waals surface area contributed by atoms with Crippen LogP contribution >= 0.6 is 0 Å². The highest BCUT2D eigenvalue weighted by molar-refractivity contribution is 6.36. The Kier molecular flexibility index (Phi) is 10.8. The van der Waals surface area contributed by atoms with Crippen LogP contribution in [0.25, 0.3) is 56.4 Å². The van der Waals surface area contributed by atoms with Gasteiger partial charge < -0.3 is 10.2 Å². The number of rotatable bonds is 9. The minimum atomic E-state index is -0.617. The minimum Gasteiger partial charge on any atom is -0.354 e. The lowest BCUT2D eigenvalue weighted by molar-refractivity contribution is 0.768. The molecule has 12 aromatic rings. The first kappa shape index (κ1) is 47.4. The maximum absolute atomic E-state index is 10.2. The van der Waals surface area contributed by atoms with E-state index in [0.29, 0.717) is 5.71 Å². The van der Waals surface area contributed by atoms with Gasteiger partial charge >= 0.3 is 0 Å². The Labute approximate surface area is 478 Å². The predicted octanol–water partition coefficient (Wildman–Crippen LogP) is 18.9. The van der Waals surface area contributed by atoms with Crippen molar-refractivity contribution in [1.82, 2.24) is 5.32 Å². The number of anilines is 3. The summed E-state index contributed by atoms with van der Waals surface area (Å²) in [5.74, 6) is 0. The zero-order chi connectivity index (χ0) is 54.4. The van der Waals surface area contributed by atoms with Crippen LogP contribution in [0.4, 0.5) is 17.1 Å². The minimum absolute atomic E-state index is 0.438. The lowest BCUT2D eigenvalue weighted by atomic mass is 9.68. The molecule has 1 aliphatic heterocycles. The number of fused-ring (bicyclic) bond motifs is 14. The zero-order valence-electron chi connectivity index (χ0n) is 44.9. The smallest absolute Gasteiger partial charge is 0.0726 e. The Bertz CT molecular complexity index is 4490. The number of nitrogens with one attached hydrogen (secondary N) is 2. The van der Waals surface area contributed by atoms with E-state index in [1.807, 2.05) is 36.4 Å². The fraction of sp³-hybridized carbons (Fsp3) is 0.0253. The number of nitrogens with zero attached hydrogens (tertiary/aromatic N) is 1. The summed E-state index contributed by atoms with van der Waals surface area (Å²) in [5, 5.41) is 14.2. The summed E-state index contributed by atoms with van der Waals surface area (Å²) in [4.78, 5) is 2.53. The molecular weight excluding hydrogens is 991 g/mol. The van der Waals surface area contributed by atoms with Gasteiger partial charge in [-0.05, 0) is 125 Å². The van der Waals surface area contributed by atoms with E-state index < -0.39 is 10.8 Å². The van der Waals surface area contributed by atoms with E-state index >= 15 is 0 Å². The molecule has 12 aromatic carbocycles. The number of allylic oxidation sites excluding steroid dienone is 1. The van der Waals surface area contributed by atoms with Crippen molar-refractivity contribution < 1.29 is 0 Å². The molecule has 0 aromatic heterocycles. The van der Waals surface area contributed by atoms with Crippen LogP contribution in [0.2, 0.25) is 0 Å². The van der Waals surface area contributed by atoms with Crippen molar-refractivity contribution in [3.8, 4) is 33.4 Å². The molecule has 3 heteroatoms. The monoisotopic (exact) mass is 1040 g/mol. The van der Waals surface area contributed by atoms with Crippen LogP contribution < -0.4 is 10.2 Å². The number of hydrogen-bond acceptors (Lipinski definition) is 3. The highest BCUT2D eigenvalue weighted by Crippen LogP contribution is 2.64. The second-order valence-electron chi connectivity index (χ2n) is 21.9. The van der Waals surface area contributed by atoms with E-state index in [4.69, 9.17) is 0 Å². The van der Waals surface area contributed by atoms with Gasteiger partial charge in [-0.15, -0.1) is 0 Å². The summed E-state index contributed by atoms with van der Waals surface area (Å²) in [5.41, 5.74) is 27.5. The topological polar surface area (TPSA) is 39.1 Å². The molecule has 3 aliphatic carbocycles. The summed E-state index contributed by atoms with van der Waals surface area (Å²) in [6.07, 6.45) is 2.27. The van der Waals surface area contributed by atoms with Crippen LogP contribution in [-0.2, 0) is 10.8 Å². The molecule has 0 radical (unpaired) electrons. The van der Waals surface area contributed by atoms with Gasteiger partial charge in [-0.1, -0.05) is 273 Å². The standard InChI is InChI=1S/C79H53N3/c80-76(54-29-10-3-11-30-54)74(53-27-8-2-9-28-53)77-65-50-58(46-45-55(65)49-72(81-77)52-25-6-1-7-26-52)82(73-44-24-43-70-75(73)64-38-19-23-42-69(64)78(70,56-31-12-4-13-32-56)57-33-14-5-15-34-57)59-47-48-63-62-37-18-22-41-68(62)79(71(63)51-59)66-39-20-16-35-60(66)61-36-17-21-40-67(61)79/h1-51,80-81H/b77-74-,80-76?. The molecule has 82 heavy (non-hydrogen) atoms. The van der Waals surface area contributed by atoms with Crippen molar-refractivity contribution in [3.63, 3.8) is 0 Å². The first-order valence-electron chi connectivity index (χ1n) is 28.3. The SMILES string of the molecule is N=C(/C(=C1\NC(c2ccccc2)=Cc2ccc(N(c3ccc4c(c3)C3(c5ccccc5-c5ccccc53)c3ccccc3-4)c3cccc4c3-c3ccccc3C4(c3ccccc3)c3ccccc3)cc21)c1ccccc1)c1ccccc1. The van der Waals surface area contributed by atoms with Gasteiger partial charge in [0.25, 0.3) is 0 Å². The van der Waals surface area contributed by atoms with Gasteiger partial charge in [-0.25, -0.2) is 0 Å². The normalized spacial score (nSPS) is 14.7. The van der Waals surface area contributed by atoms with Gasteiger partial charge in [0, 0.05) is 39.3 Å². The summed E-state index contributed by atoms with van der Waals surface area (Å²) in [6, 6.07) is 111. The van der Waals surface area contributed by atoms with E-state index in [9.17, 15) is 5.41 Å². The highest BCUT2D eigenvalue weighted by atomic mass is 15.1. The van der Waals surface area contributed by atoms with Gasteiger partial charge in [0.05, 0.1) is 27.9 Å². The Hall–Kier alpha value is -10.6. The molecule has 0 atom stereocenters. The lowest BCUT2D eigenvalue weighted by Gasteiger charge is -2.35. The average Bonchev–Trinajstić information content (AvgIpc) is 1.90. The van der Waals surface area contributed by atoms with Crippen molar-refractivity contribution in [2.45, 2.75) is 10.8 Å². The zero-order valence-corrected chi connectivity index (χ0v) is 44.9. The van der Waals surface area contributed by atoms with E-state index in [1.54, 1.807) is 0 Å². The molecule has 4 aliphatic rings. The third-order valence-electron chi connectivity index (χ3n) is 17.8. The first-order valence-corrected chi connectivity index (χ1v) is 28.3. The van der Waals surface area contributed by atoms with Crippen molar-refractivity contribution >= 4 is 45.8 Å². The summed E-state index contributed by atoms with van der Waals surface area (Å²) >= 11 is 0. The van der Waals surface area contributed by atoms with Gasteiger partial charge in [0.15, 0.2) is 0 Å².